The number of hydrogen-bond donors (Lipinski definition) is 1. The number of fused-ring (bicyclic) bond motifs is 1. The van der Waals surface area contributed by atoms with Gasteiger partial charge in [0, 0.05) is 18.8 Å². The Kier molecular flexibility index (Phi) is 4.78. The second-order valence-corrected chi connectivity index (χ2v) is 8.25. The van der Waals surface area contributed by atoms with Crippen molar-refractivity contribution in [2.75, 3.05) is 31.0 Å². The Balaban J connectivity index is 1.67. The van der Waals surface area contributed by atoms with E-state index >= 15 is 0 Å². The van der Waals surface area contributed by atoms with Crippen molar-refractivity contribution < 1.29 is 22.5 Å². The Morgan fingerprint density at radius 2 is 1.93 bits per heavy atom. The van der Waals surface area contributed by atoms with Crippen LogP contribution in [0.25, 0.3) is 11.0 Å². The van der Waals surface area contributed by atoms with Crippen LogP contribution in [0.2, 0.25) is 0 Å². The van der Waals surface area contributed by atoms with Crippen LogP contribution < -0.4 is 4.72 Å². The lowest BCUT2D eigenvalue weighted by Gasteiger charge is -2.25. The van der Waals surface area contributed by atoms with Gasteiger partial charge in [-0.1, -0.05) is 17.3 Å². The van der Waals surface area contributed by atoms with Crippen molar-refractivity contribution in [1.82, 2.24) is 10.1 Å². The van der Waals surface area contributed by atoms with Crippen molar-refractivity contribution in [3.05, 3.63) is 53.7 Å². The van der Waals surface area contributed by atoms with Crippen LogP contribution in [0.4, 0.5) is 5.69 Å². The Morgan fingerprint density at radius 3 is 2.68 bits per heavy atom. The van der Waals surface area contributed by atoms with Gasteiger partial charge in [0.15, 0.2) is 11.3 Å². The van der Waals surface area contributed by atoms with E-state index in [2.05, 4.69) is 9.88 Å². The number of aromatic nitrogens is 1. The summed E-state index contributed by atoms with van der Waals surface area (Å²) in [7, 11) is -3.83. The Morgan fingerprint density at radius 1 is 1.14 bits per heavy atom. The van der Waals surface area contributed by atoms with Crippen LogP contribution in [0.15, 0.2) is 51.9 Å². The van der Waals surface area contributed by atoms with Crippen molar-refractivity contribution in [1.29, 1.82) is 0 Å². The maximum Gasteiger partial charge on any atom is 0.276 e. The molecule has 1 aromatic heterocycles. The van der Waals surface area contributed by atoms with Crippen molar-refractivity contribution >= 4 is 32.6 Å². The zero-order valence-electron chi connectivity index (χ0n) is 15.2. The third kappa shape index (κ3) is 3.58. The number of rotatable bonds is 4. The highest BCUT2D eigenvalue weighted by Gasteiger charge is 2.25. The van der Waals surface area contributed by atoms with Gasteiger partial charge in [-0.15, -0.1) is 0 Å². The first-order valence-corrected chi connectivity index (χ1v) is 10.3. The lowest BCUT2D eigenvalue weighted by molar-refractivity contribution is 0.0297. The summed E-state index contributed by atoms with van der Waals surface area (Å²) in [5, 5.41) is 4.23. The predicted octanol–water partition coefficient (Wildman–Crippen LogP) is 2.41. The molecule has 4 rings (SSSR count). The Labute approximate surface area is 162 Å². The molecule has 1 N–H and O–H groups in total. The number of anilines is 1. The van der Waals surface area contributed by atoms with Gasteiger partial charge in [0.2, 0.25) is 0 Å². The molecule has 0 aliphatic carbocycles. The number of benzene rings is 2. The van der Waals surface area contributed by atoms with Gasteiger partial charge in [0.05, 0.1) is 23.5 Å². The quantitative estimate of drug-likeness (QED) is 0.720. The highest BCUT2D eigenvalue weighted by atomic mass is 32.2. The van der Waals surface area contributed by atoms with Gasteiger partial charge >= 0.3 is 0 Å². The minimum Gasteiger partial charge on any atom is -0.378 e. The van der Waals surface area contributed by atoms with E-state index in [4.69, 9.17) is 9.26 Å². The lowest BCUT2D eigenvalue weighted by atomic mass is 10.2. The predicted molar refractivity (Wildman–Crippen MR) is 103 cm³/mol. The standard InChI is InChI=1S/C19H19N3O5S/c1-13-3-2-4-14(11-13)21-28(24,25)15-5-6-17-16(12-15)18(20-27-17)19(23)22-7-9-26-10-8-22/h2-6,11-12,21H,7-10H2,1H3. The monoisotopic (exact) mass is 401 g/mol. The van der Waals surface area contributed by atoms with E-state index in [0.29, 0.717) is 43.0 Å². The Hall–Kier alpha value is -2.91. The Bertz CT molecular complexity index is 1130. The molecule has 1 aliphatic heterocycles. The zero-order chi connectivity index (χ0) is 19.7. The second kappa shape index (κ2) is 7.25. The zero-order valence-corrected chi connectivity index (χ0v) is 16.0. The highest BCUT2D eigenvalue weighted by Crippen LogP contribution is 2.25. The summed E-state index contributed by atoms with van der Waals surface area (Å²) in [5.74, 6) is -0.303. The number of aryl methyl sites for hydroxylation is 1. The topological polar surface area (TPSA) is 102 Å². The molecule has 2 heterocycles. The molecule has 1 amide bonds. The van der Waals surface area contributed by atoms with E-state index < -0.39 is 10.0 Å². The molecule has 1 saturated heterocycles. The normalized spacial score (nSPS) is 15.0. The minimum atomic E-state index is -3.83. The number of hydrogen-bond acceptors (Lipinski definition) is 6. The number of ether oxygens (including phenoxy) is 1. The molecule has 0 unspecified atom stereocenters. The minimum absolute atomic E-state index is 0.0285. The van der Waals surface area contributed by atoms with Crippen molar-refractivity contribution in [2.24, 2.45) is 0 Å². The summed E-state index contributed by atoms with van der Waals surface area (Å²) >= 11 is 0. The molecule has 9 heteroatoms. The number of nitrogens with one attached hydrogen (secondary N) is 1. The van der Waals surface area contributed by atoms with E-state index in [1.54, 1.807) is 23.1 Å². The average molecular weight is 401 g/mol. The number of amides is 1. The molecular weight excluding hydrogens is 382 g/mol. The third-order valence-electron chi connectivity index (χ3n) is 4.52. The van der Waals surface area contributed by atoms with Crippen LogP contribution >= 0.6 is 0 Å². The molecule has 8 nitrogen and oxygen atoms in total. The van der Waals surface area contributed by atoms with Crippen LogP contribution in [0, 0.1) is 6.92 Å². The first-order valence-electron chi connectivity index (χ1n) is 8.80. The summed E-state index contributed by atoms with van der Waals surface area (Å²) < 4.78 is 38.6. The van der Waals surface area contributed by atoms with Crippen molar-refractivity contribution in [2.45, 2.75) is 11.8 Å². The van der Waals surface area contributed by atoms with Crippen LogP contribution in [-0.2, 0) is 14.8 Å². The number of sulfonamides is 1. The first-order chi connectivity index (χ1) is 13.4. The van der Waals surface area contributed by atoms with Crippen LogP contribution in [0.5, 0.6) is 0 Å². The van der Waals surface area contributed by atoms with Gasteiger partial charge < -0.3 is 14.2 Å². The smallest absolute Gasteiger partial charge is 0.276 e. The van der Waals surface area contributed by atoms with Crippen LogP contribution in [0.3, 0.4) is 0 Å². The fraction of sp³-hybridized carbons (Fsp3) is 0.263. The molecule has 0 atom stereocenters. The van der Waals surface area contributed by atoms with E-state index in [9.17, 15) is 13.2 Å². The van der Waals surface area contributed by atoms with Gasteiger partial charge in [-0.05, 0) is 42.8 Å². The molecular formula is C19H19N3O5S. The summed E-state index contributed by atoms with van der Waals surface area (Å²) in [4.78, 5) is 14.4. The SMILES string of the molecule is Cc1cccc(NS(=O)(=O)c2ccc3onc(C(=O)N4CCOCC4)c3c2)c1. The molecule has 1 aliphatic rings. The number of nitrogens with zero attached hydrogens (tertiary/aromatic N) is 2. The molecule has 28 heavy (non-hydrogen) atoms. The molecule has 2 aromatic carbocycles. The lowest BCUT2D eigenvalue weighted by Crippen LogP contribution is -2.40. The van der Waals surface area contributed by atoms with E-state index in [1.165, 1.54) is 18.2 Å². The summed E-state index contributed by atoms with van der Waals surface area (Å²) in [6.45, 7) is 3.72. The number of carbonyl (C=O) groups excluding carboxylic acids is 1. The van der Waals surface area contributed by atoms with Crippen molar-refractivity contribution in [3.8, 4) is 0 Å². The summed E-state index contributed by atoms with van der Waals surface area (Å²) in [6, 6.07) is 11.4. The molecule has 0 saturated carbocycles. The van der Waals surface area contributed by atoms with Gasteiger partial charge in [-0.2, -0.15) is 0 Å². The van der Waals surface area contributed by atoms with Gasteiger partial charge in [-0.3, -0.25) is 9.52 Å². The molecule has 3 aromatic rings. The maximum atomic E-state index is 12.8. The molecule has 1 fully saturated rings. The largest absolute Gasteiger partial charge is 0.378 e. The maximum absolute atomic E-state index is 12.8. The fourth-order valence-electron chi connectivity index (χ4n) is 3.08. The summed E-state index contributed by atoms with van der Waals surface area (Å²) in [6.07, 6.45) is 0. The van der Waals surface area contributed by atoms with Crippen LogP contribution in [0.1, 0.15) is 16.1 Å². The summed E-state index contributed by atoms with van der Waals surface area (Å²) in [5.41, 5.74) is 1.86. The third-order valence-corrected chi connectivity index (χ3v) is 5.90. The first kappa shape index (κ1) is 18.5. The van der Waals surface area contributed by atoms with E-state index in [0.717, 1.165) is 5.56 Å². The van der Waals surface area contributed by atoms with Gasteiger partial charge in [0.1, 0.15) is 0 Å². The molecule has 0 spiro atoms. The fourth-order valence-corrected chi connectivity index (χ4v) is 4.15. The van der Waals surface area contributed by atoms with Crippen LogP contribution in [-0.4, -0.2) is 50.7 Å². The van der Waals surface area contributed by atoms with E-state index in [-0.39, 0.29) is 16.5 Å². The van der Waals surface area contributed by atoms with Gasteiger partial charge in [-0.25, -0.2) is 8.42 Å². The number of morpholine rings is 1. The van der Waals surface area contributed by atoms with Gasteiger partial charge in [0.25, 0.3) is 15.9 Å². The number of carbonyl (C=O) groups is 1. The second-order valence-electron chi connectivity index (χ2n) is 6.57. The molecule has 146 valence electrons. The van der Waals surface area contributed by atoms with Crippen molar-refractivity contribution in [3.63, 3.8) is 0 Å². The van der Waals surface area contributed by atoms with E-state index in [1.807, 2.05) is 13.0 Å². The molecule has 0 bridgehead atoms. The average Bonchev–Trinajstić information content (AvgIpc) is 3.11. The molecule has 0 radical (unpaired) electrons. The highest BCUT2D eigenvalue weighted by molar-refractivity contribution is 7.92.